The number of nitrogens with zero attached hydrogens (tertiary/aromatic N) is 2. The molecule has 5 N–H and O–H groups in total. The van der Waals surface area contributed by atoms with Crippen molar-refractivity contribution < 1.29 is 35.0 Å². The van der Waals surface area contributed by atoms with Gasteiger partial charge in [0, 0.05) is 45.9 Å². The molecule has 0 aliphatic carbocycles. The third-order valence-corrected chi connectivity index (χ3v) is 4.30. The normalized spacial score (nSPS) is 14.4. The van der Waals surface area contributed by atoms with Gasteiger partial charge in [0.25, 0.3) is 0 Å². The van der Waals surface area contributed by atoms with Gasteiger partial charge in [-0.25, -0.2) is 0 Å². The molecule has 0 aliphatic heterocycles. The molecule has 0 bridgehead atoms. The van der Waals surface area contributed by atoms with E-state index in [1.165, 1.54) is 0 Å². The van der Waals surface area contributed by atoms with Gasteiger partial charge in [-0.1, -0.05) is 26.7 Å². The molecule has 0 aromatic carbocycles. The van der Waals surface area contributed by atoms with Crippen molar-refractivity contribution in [2.75, 3.05) is 79.4 Å². The fourth-order valence-electron chi connectivity index (χ4n) is 2.80. The first kappa shape index (κ1) is 32.8. The van der Waals surface area contributed by atoms with E-state index in [9.17, 15) is 10.2 Å². The van der Waals surface area contributed by atoms with Crippen molar-refractivity contribution in [3.63, 3.8) is 0 Å². The minimum Gasteiger partial charge on any atom is -0.395 e. The number of unbranched alkanes of at least 4 members (excludes halogenated alkanes) is 2. The van der Waals surface area contributed by atoms with E-state index in [4.69, 9.17) is 24.8 Å². The highest BCUT2D eigenvalue weighted by Crippen LogP contribution is 1.96. The smallest absolute Gasteiger partial charge is 0.0900 e. The van der Waals surface area contributed by atoms with Crippen LogP contribution in [0.25, 0.3) is 0 Å². The van der Waals surface area contributed by atoms with E-state index in [1.807, 2.05) is 16.8 Å². The summed E-state index contributed by atoms with van der Waals surface area (Å²) >= 11 is 0. The van der Waals surface area contributed by atoms with E-state index in [2.05, 4.69) is 13.8 Å². The van der Waals surface area contributed by atoms with E-state index in [-0.39, 0.29) is 19.3 Å². The Bertz CT molecular complexity index is 346. The first-order valence-corrected chi connectivity index (χ1v) is 11.6. The summed E-state index contributed by atoms with van der Waals surface area (Å²) in [6.45, 7) is 10.5. The number of ether oxygens (including phenoxy) is 2. The summed E-state index contributed by atoms with van der Waals surface area (Å²) in [5, 5.41) is 45.9. The molecular formula is C22H50N2O7. The predicted molar refractivity (Wildman–Crippen MR) is 123 cm³/mol. The number of aliphatic hydroxyl groups excluding tert-OH is 5. The Morgan fingerprint density at radius 3 is 1.58 bits per heavy atom. The number of hydrogen-bond donors (Lipinski definition) is 5. The van der Waals surface area contributed by atoms with Crippen LogP contribution in [0.4, 0.5) is 0 Å². The van der Waals surface area contributed by atoms with Crippen LogP contribution in [0.1, 0.15) is 46.5 Å². The van der Waals surface area contributed by atoms with Crippen LogP contribution in [-0.4, -0.2) is 133 Å². The molecule has 0 spiro atoms. The lowest BCUT2D eigenvalue weighted by molar-refractivity contribution is 0.0106. The standard InChI is InChI=1S/C11H25NO4.C11H25NO3/c1-2-3-8-16-10-11(15)9-12(4-6-13)5-7-14;1-4-5-6-15-9-11(14)8-12(3)7-10(2)13/h11,13-15H,2-10H2,1H3;10-11,13-14H,4-9H2,1-3H3. The third-order valence-electron chi connectivity index (χ3n) is 4.30. The fraction of sp³-hybridized carbons (Fsp3) is 1.00. The minimum absolute atomic E-state index is 0.0312. The van der Waals surface area contributed by atoms with E-state index < -0.39 is 12.2 Å². The highest BCUT2D eigenvalue weighted by Gasteiger charge is 2.11. The zero-order valence-electron chi connectivity index (χ0n) is 20.3. The molecule has 9 heteroatoms. The van der Waals surface area contributed by atoms with Crippen LogP contribution >= 0.6 is 0 Å². The zero-order chi connectivity index (χ0) is 23.9. The average molecular weight is 455 g/mol. The van der Waals surface area contributed by atoms with Gasteiger partial charge >= 0.3 is 0 Å². The lowest BCUT2D eigenvalue weighted by atomic mass is 10.3. The molecule has 190 valence electrons. The number of rotatable bonds is 20. The van der Waals surface area contributed by atoms with Gasteiger partial charge in [0.2, 0.25) is 0 Å². The lowest BCUT2D eigenvalue weighted by Crippen LogP contribution is -2.38. The first-order valence-electron chi connectivity index (χ1n) is 11.6. The molecule has 0 radical (unpaired) electrons. The molecule has 3 atom stereocenters. The van der Waals surface area contributed by atoms with Crippen molar-refractivity contribution in [3.8, 4) is 0 Å². The highest BCUT2D eigenvalue weighted by atomic mass is 16.5. The molecule has 3 unspecified atom stereocenters. The van der Waals surface area contributed by atoms with E-state index in [1.54, 1.807) is 6.92 Å². The molecule has 0 saturated carbocycles. The second-order valence-electron chi connectivity index (χ2n) is 7.98. The Labute approximate surface area is 189 Å². The summed E-state index contributed by atoms with van der Waals surface area (Å²) in [5.74, 6) is 0. The van der Waals surface area contributed by atoms with Gasteiger partial charge in [-0.05, 0) is 26.8 Å². The highest BCUT2D eigenvalue weighted by molar-refractivity contribution is 4.64. The molecule has 0 saturated heterocycles. The van der Waals surface area contributed by atoms with Crippen molar-refractivity contribution in [2.24, 2.45) is 0 Å². The third kappa shape index (κ3) is 25.8. The minimum atomic E-state index is -0.560. The summed E-state index contributed by atoms with van der Waals surface area (Å²) in [5.41, 5.74) is 0. The number of hydrogen-bond acceptors (Lipinski definition) is 9. The van der Waals surface area contributed by atoms with E-state index in [0.717, 1.165) is 25.7 Å². The van der Waals surface area contributed by atoms with Crippen LogP contribution < -0.4 is 0 Å². The van der Waals surface area contributed by atoms with Crippen LogP contribution in [0.3, 0.4) is 0 Å². The molecule has 0 rings (SSSR count). The molecule has 0 fully saturated rings. The Balaban J connectivity index is 0. The van der Waals surface area contributed by atoms with Gasteiger partial charge < -0.3 is 39.9 Å². The summed E-state index contributed by atoms with van der Waals surface area (Å²) in [7, 11) is 1.88. The van der Waals surface area contributed by atoms with Crippen molar-refractivity contribution >= 4 is 0 Å². The molecule has 0 heterocycles. The maximum Gasteiger partial charge on any atom is 0.0900 e. The fourth-order valence-corrected chi connectivity index (χ4v) is 2.80. The second kappa shape index (κ2) is 24.3. The van der Waals surface area contributed by atoms with Crippen LogP contribution in [0.5, 0.6) is 0 Å². The summed E-state index contributed by atoms with van der Waals surface area (Å²) in [6.07, 6.45) is 2.85. The molecule has 0 amide bonds. The summed E-state index contributed by atoms with van der Waals surface area (Å²) < 4.78 is 10.6. The van der Waals surface area contributed by atoms with Gasteiger partial charge in [0.1, 0.15) is 0 Å². The zero-order valence-corrected chi connectivity index (χ0v) is 20.3. The average Bonchev–Trinajstić information content (AvgIpc) is 2.69. The summed E-state index contributed by atoms with van der Waals surface area (Å²) in [6, 6.07) is 0. The maximum absolute atomic E-state index is 9.64. The van der Waals surface area contributed by atoms with Crippen molar-refractivity contribution in [1.29, 1.82) is 0 Å². The van der Waals surface area contributed by atoms with E-state index in [0.29, 0.717) is 59.2 Å². The molecule has 0 aliphatic rings. The van der Waals surface area contributed by atoms with Gasteiger partial charge in [0.15, 0.2) is 0 Å². The maximum atomic E-state index is 9.64. The SMILES string of the molecule is CCCCOCC(O)CN(C)CC(C)O.CCCCOCC(O)CN(CCO)CCO. The molecule has 0 aromatic heterocycles. The van der Waals surface area contributed by atoms with Gasteiger partial charge in [0.05, 0.1) is 44.7 Å². The first-order chi connectivity index (χ1) is 14.8. The van der Waals surface area contributed by atoms with Gasteiger partial charge in [-0.15, -0.1) is 0 Å². The lowest BCUT2D eigenvalue weighted by Gasteiger charge is -2.23. The number of aliphatic hydroxyl groups is 5. The van der Waals surface area contributed by atoms with Crippen molar-refractivity contribution in [3.05, 3.63) is 0 Å². The van der Waals surface area contributed by atoms with Crippen LogP contribution in [-0.2, 0) is 9.47 Å². The molecule has 31 heavy (non-hydrogen) atoms. The van der Waals surface area contributed by atoms with Crippen molar-refractivity contribution in [2.45, 2.75) is 64.8 Å². The molecular weight excluding hydrogens is 404 g/mol. The quantitative estimate of drug-likeness (QED) is 0.161. The topological polar surface area (TPSA) is 126 Å². The van der Waals surface area contributed by atoms with E-state index >= 15 is 0 Å². The van der Waals surface area contributed by atoms with Crippen LogP contribution in [0, 0.1) is 0 Å². The van der Waals surface area contributed by atoms with Gasteiger partial charge in [-0.2, -0.15) is 0 Å². The Hall–Kier alpha value is -0.360. The Morgan fingerprint density at radius 2 is 1.19 bits per heavy atom. The summed E-state index contributed by atoms with van der Waals surface area (Å²) in [4.78, 5) is 3.71. The second-order valence-corrected chi connectivity index (χ2v) is 7.98. The van der Waals surface area contributed by atoms with Crippen LogP contribution in [0.2, 0.25) is 0 Å². The van der Waals surface area contributed by atoms with Crippen molar-refractivity contribution in [1.82, 2.24) is 9.80 Å². The van der Waals surface area contributed by atoms with Gasteiger partial charge in [-0.3, -0.25) is 4.90 Å². The largest absolute Gasteiger partial charge is 0.395 e. The molecule has 0 aromatic rings. The monoisotopic (exact) mass is 454 g/mol. The molecule has 9 nitrogen and oxygen atoms in total. The predicted octanol–water partition coefficient (Wildman–Crippen LogP) is -0.0728. The Kier molecular flexibility index (Phi) is 25.7. The van der Waals surface area contributed by atoms with Crippen LogP contribution in [0.15, 0.2) is 0 Å². The number of likely N-dealkylation sites (N-methyl/N-ethyl adjacent to an activating group) is 1. The Morgan fingerprint density at radius 1 is 0.742 bits per heavy atom.